The number of aromatic nitrogens is 2. The van der Waals surface area contributed by atoms with Crippen molar-refractivity contribution in [2.24, 2.45) is 0 Å². The molecule has 0 atom stereocenters. The molecule has 128 valence electrons. The number of rotatable bonds is 5. The summed E-state index contributed by atoms with van der Waals surface area (Å²) in [6.45, 7) is 4.03. The Labute approximate surface area is 148 Å². The summed E-state index contributed by atoms with van der Waals surface area (Å²) in [7, 11) is 0. The van der Waals surface area contributed by atoms with Crippen LogP contribution in [0, 0.1) is 19.7 Å². The lowest BCUT2D eigenvalue weighted by molar-refractivity contribution is -0.113. The molecule has 25 heavy (non-hydrogen) atoms. The van der Waals surface area contributed by atoms with Crippen molar-refractivity contribution in [1.82, 2.24) is 10.2 Å². The number of hydrogen-bond acceptors (Lipinski definition) is 5. The molecular formula is C18H16FN3O2S. The van der Waals surface area contributed by atoms with Gasteiger partial charge < -0.3 is 4.42 Å². The summed E-state index contributed by atoms with van der Waals surface area (Å²) in [5, 5.41) is 10.4. The molecule has 0 bridgehead atoms. The van der Waals surface area contributed by atoms with E-state index in [0.29, 0.717) is 5.89 Å². The Morgan fingerprint density at radius 2 is 1.88 bits per heavy atom. The van der Waals surface area contributed by atoms with Gasteiger partial charge in [0.15, 0.2) is 0 Å². The molecule has 0 spiro atoms. The number of aryl methyl sites for hydroxylation is 2. The summed E-state index contributed by atoms with van der Waals surface area (Å²) in [6, 6.07) is 11.8. The first kappa shape index (κ1) is 17.2. The second-order valence-corrected chi connectivity index (χ2v) is 6.55. The smallest absolute Gasteiger partial charge is 0.322 e. The molecule has 3 aromatic rings. The standard InChI is InChI=1S/C18H16FN3O2S/c1-11-3-4-13(9-12(11)2)17-21-22-18(24-17)20-16(23)10-25-15-7-5-14(19)6-8-15/h3-9H,10H2,1-2H3,(H,20,22,23). The Kier molecular flexibility index (Phi) is 5.14. The highest BCUT2D eigenvalue weighted by molar-refractivity contribution is 8.00. The molecule has 0 aliphatic carbocycles. The zero-order chi connectivity index (χ0) is 17.8. The van der Waals surface area contributed by atoms with Crippen LogP contribution in [0.5, 0.6) is 0 Å². The molecule has 7 heteroatoms. The van der Waals surface area contributed by atoms with E-state index in [-0.39, 0.29) is 23.5 Å². The predicted octanol–water partition coefficient (Wildman–Crippen LogP) is 4.22. The van der Waals surface area contributed by atoms with Gasteiger partial charge in [0.2, 0.25) is 11.8 Å². The molecule has 3 rings (SSSR count). The molecule has 1 aromatic heterocycles. The fraction of sp³-hybridized carbons (Fsp3) is 0.167. The lowest BCUT2D eigenvalue weighted by atomic mass is 10.1. The molecule has 0 saturated heterocycles. The lowest BCUT2D eigenvalue weighted by Gasteiger charge is -2.02. The van der Waals surface area contributed by atoms with Crippen molar-refractivity contribution in [1.29, 1.82) is 0 Å². The largest absolute Gasteiger partial charge is 0.403 e. The van der Waals surface area contributed by atoms with Gasteiger partial charge in [-0.3, -0.25) is 10.1 Å². The molecule has 0 fully saturated rings. The maximum absolute atomic E-state index is 12.8. The van der Waals surface area contributed by atoms with E-state index >= 15 is 0 Å². The second-order valence-electron chi connectivity index (χ2n) is 5.50. The van der Waals surface area contributed by atoms with Crippen molar-refractivity contribution in [3.05, 3.63) is 59.4 Å². The third kappa shape index (κ3) is 4.45. The fourth-order valence-electron chi connectivity index (χ4n) is 2.10. The minimum absolute atomic E-state index is 0.0536. The van der Waals surface area contributed by atoms with Gasteiger partial charge in [-0.05, 0) is 61.4 Å². The summed E-state index contributed by atoms with van der Waals surface area (Å²) in [5.74, 6) is -0.0692. The minimum Gasteiger partial charge on any atom is -0.403 e. The summed E-state index contributed by atoms with van der Waals surface area (Å²) < 4.78 is 18.3. The average molecular weight is 357 g/mol. The molecule has 0 aliphatic rings. The van der Waals surface area contributed by atoms with Crippen LogP contribution in [0.15, 0.2) is 51.8 Å². The Morgan fingerprint density at radius 3 is 2.60 bits per heavy atom. The Hall–Kier alpha value is -2.67. The Morgan fingerprint density at radius 1 is 1.12 bits per heavy atom. The predicted molar refractivity (Wildman–Crippen MR) is 95.0 cm³/mol. The van der Waals surface area contributed by atoms with Gasteiger partial charge in [0.25, 0.3) is 0 Å². The maximum Gasteiger partial charge on any atom is 0.322 e. The molecule has 1 amide bonds. The first-order valence-electron chi connectivity index (χ1n) is 7.60. The SMILES string of the molecule is Cc1ccc(-c2nnc(NC(=O)CSc3ccc(F)cc3)o2)cc1C. The van der Waals surface area contributed by atoms with E-state index in [1.54, 1.807) is 12.1 Å². The summed E-state index contributed by atoms with van der Waals surface area (Å²) in [4.78, 5) is 12.8. The fourth-order valence-corrected chi connectivity index (χ4v) is 2.80. The van der Waals surface area contributed by atoms with Gasteiger partial charge in [0.05, 0.1) is 5.75 Å². The van der Waals surface area contributed by atoms with Crippen LogP contribution in [0.25, 0.3) is 11.5 Å². The minimum atomic E-state index is -0.307. The number of thioether (sulfide) groups is 1. The highest BCUT2D eigenvalue weighted by Gasteiger charge is 2.12. The molecule has 5 nitrogen and oxygen atoms in total. The van der Waals surface area contributed by atoms with E-state index < -0.39 is 0 Å². The van der Waals surface area contributed by atoms with E-state index in [4.69, 9.17) is 4.42 Å². The van der Waals surface area contributed by atoms with E-state index in [1.807, 2.05) is 32.0 Å². The van der Waals surface area contributed by atoms with E-state index in [0.717, 1.165) is 16.0 Å². The van der Waals surface area contributed by atoms with Gasteiger partial charge >= 0.3 is 6.01 Å². The Bertz CT molecular complexity index is 894. The molecular weight excluding hydrogens is 341 g/mol. The van der Waals surface area contributed by atoms with Crippen molar-refractivity contribution in [3.8, 4) is 11.5 Å². The lowest BCUT2D eigenvalue weighted by Crippen LogP contribution is -2.14. The van der Waals surface area contributed by atoms with Crippen molar-refractivity contribution in [3.63, 3.8) is 0 Å². The number of carbonyl (C=O) groups excluding carboxylic acids is 1. The number of nitrogens with one attached hydrogen (secondary N) is 1. The van der Waals surface area contributed by atoms with Gasteiger partial charge in [0, 0.05) is 10.5 Å². The monoisotopic (exact) mass is 357 g/mol. The molecule has 1 heterocycles. The zero-order valence-corrected chi connectivity index (χ0v) is 14.6. The molecule has 0 saturated carbocycles. The van der Waals surface area contributed by atoms with E-state index in [1.165, 1.54) is 29.5 Å². The van der Waals surface area contributed by atoms with Crippen molar-refractivity contribution < 1.29 is 13.6 Å². The molecule has 0 unspecified atom stereocenters. The van der Waals surface area contributed by atoms with E-state index in [9.17, 15) is 9.18 Å². The number of carbonyl (C=O) groups is 1. The molecule has 2 aromatic carbocycles. The van der Waals surface area contributed by atoms with Crippen LogP contribution >= 0.6 is 11.8 Å². The van der Waals surface area contributed by atoms with Gasteiger partial charge in [-0.25, -0.2) is 4.39 Å². The molecule has 1 N–H and O–H groups in total. The van der Waals surface area contributed by atoms with Crippen LogP contribution in [-0.2, 0) is 4.79 Å². The number of nitrogens with zero attached hydrogens (tertiary/aromatic N) is 2. The van der Waals surface area contributed by atoms with Crippen molar-refractivity contribution in [2.45, 2.75) is 18.7 Å². The normalized spacial score (nSPS) is 10.7. The maximum atomic E-state index is 12.8. The molecule has 0 radical (unpaired) electrons. The zero-order valence-electron chi connectivity index (χ0n) is 13.7. The van der Waals surface area contributed by atoms with Crippen LogP contribution in [0.4, 0.5) is 10.4 Å². The number of benzene rings is 2. The van der Waals surface area contributed by atoms with Crippen LogP contribution in [0.2, 0.25) is 0 Å². The highest BCUT2D eigenvalue weighted by atomic mass is 32.2. The van der Waals surface area contributed by atoms with Gasteiger partial charge in [-0.15, -0.1) is 16.9 Å². The first-order chi connectivity index (χ1) is 12.0. The van der Waals surface area contributed by atoms with Gasteiger partial charge in [-0.2, -0.15) is 0 Å². The number of hydrogen-bond donors (Lipinski definition) is 1. The highest BCUT2D eigenvalue weighted by Crippen LogP contribution is 2.23. The summed E-state index contributed by atoms with van der Waals surface area (Å²) >= 11 is 1.29. The third-order valence-electron chi connectivity index (χ3n) is 3.61. The number of amides is 1. The van der Waals surface area contributed by atoms with Crippen molar-refractivity contribution >= 4 is 23.7 Å². The number of halogens is 1. The Balaban J connectivity index is 1.59. The van der Waals surface area contributed by atoms with Crippen molar-refractivity contribution in [2.75, 3.05) is 11.1 Å². The first-order valence-corrected chi connectivity index (χ1v) is 8.59. The topological polar surface area (TPSA) is 68.0 Å². The van der Waals surface area contributed by atoms with Crippen LogP contribution in [0.3, 0.4) is 0 Å². The van der Waals surface area contributed by atoms with Gasteiger partial charge in [0.1, 0.15) is 5.82 Å². The van der Waals surface area contributed by atoms with Crippen LogP contribution < -0.4 is 5.32 Å². The molecule has 0 aliphatic heterocycles. The van der Waals surface area contributed by atoms with E-state index in [2.05, 4.69) is 15.5 Å². The summed E-state index contributed by atoms with van der Waals surface area (Å²) in [6.07, 6.45) is 0. The third-order valence-corrected chi connectivity index (χ3v) is 4.62. The number of anilines is 1. The quantitative estimate of drug-likeness (QED) is 0.692. The van der Waals surface area contributed by atoms with Crippen LogP contribution in [-0.4, -0.2) is 21.9 Å². The average Bonchev–Trinajstić information content (AvgIpc) is 3.05. The second kappa shape index (κ2) is 7.48. The summed E-state index contributed by atoms with van der Waals surface area (Å²) in [5.41, 5.74) is 3.10. The van der Waals surface area contributed by atoms with Crippen LogP contribution in [0.1, 0.15) is 11.1 Å². The van der Waals surface area contributed by atoms with Gasteiger partial charge in [-0.1, -0.05) is 11.2 Å².